The van der Waals surface area contributed by atoms with Crippen LogP contribution in [0.2, 0.25) is 0 Å². The van der Waals surface area contributed by atoms with Crippen LogP contribution in [0, 0.1) is 29.6 Å². The molecule has 0 saturated heterocycles. The Hall–Kier alpha value is -1.97. The number of ether oxygens (including phenoxy) is 1. The van der Waals surface area contributed by atoms with E-state index in [1.54, 1.807) is 6.92 Å². The SMILES string of the molecule is CCC(OC(=O)c1ccc(S(C)(=O)=O)c(N(O)O)c1)C(=O)CC1C2CC3CC(C2)CC1C3. The highest BCUT2D eigenvalue weighted by atomic mass is 32.2. The van der Waals surface area contributed by atoms with Gasteiger partial charge in [-0.2, -0.15) is 0 Å². The number of carbonyl (C=O) groups is 2. The number of sulfone groups is 1. The molecule has 0 radical (unpaired) electrons. The van der Waals surface area contributed by atoms with Gasteiger partial charge < -0.3 is 4.74 Å². The smallest absolute Gasteiger partial charge is 0.338 e. The van der Waals surface area contributed by atoms with Crippen LogP contribution in [0.5, 0.6) is 0 Å². The number of hydrogen-bond acceptors (Lipinski definition) is 8. The van der Waals surface area contributed by atoms with Gasteiger partial charge in [0.05, 0.1) is 10.5 Å². The van der Waals surface area contributed by atoms with E-state index in [9.17, 15) is 28.4 Å². The second-order valence-electron chi connectivity index (χ2n) is 9.81. The Balaban J connectivity index is 1.45. The number of anilines is 1. The number of carbonyl (C=O) groups excluding carboxylic acids is 2. The molecule has 1 aromatic carbocycles. The number of esters is 1. The van der Waals surface area contributed by atoms with Gasteiger partial charge in [0.15, 0.2) is 21.7 Å². The molecule has 176 valence electrons. The maximum Gasteiger partial charge on any atom is 0.338 e. The van der Waals surface area contributed by atoms with Crippen molar-refractivity contribution in [2.75, 3.05) is 11.5 Å². The minimum absolute atomic E-state index is 0.0682. The van der Waals surface area contributed by atoms with Crippen molar-refractivity contribution >= 4 is 27.3 Å². The van der Waals surface area contributed by atoms with Crippen molar-refractivity contribution in [3.8, 4) is 0 Å². The average molecular weight is 466 g/mol. The third kappa shape index (κ3) is 4.56. The maximum atomic E-state index is 13.0. The van der Waals surface area contributed by atoms with E-state index in [1.165, 1.54) is 38.2 Å². The van der Waals surface area contributed by atoms with Gasteiger partial charge in [0.2, 0.25) is 0 Å². The molecule has 4 aliphatic carbocycles. The molecule has 2 N–H and O–H groups in total. The van der Waals surface area contributed by atoms with E-state index < -0.39 is 27.6 Å². The zero-order valence-electron chi connectivity index (χ0n) is 18.4. The first-order chi connectivity index (χ1) is 15.1. The van der Waals surface area contributed by atoms with Crippen LogP contribution in [0.25, 0.3) is 0 Å². The van der Waals surface area contributed by atoms with Crippen LogP contribution in [0.1, 0.15) is 62.2 Å². The molecule has 4 bridgehead atoms. The van der Waals surface area contributed by atoms with Crippen molar-refractivity contribution in [3.05, 3.63) is 23.8 Å². The fourth-order valence-corrected chi connectivity index (χ4v) is 7.26. The number of benzene rings is 1. The summed E-state index contributed by atoms with van der Waals surface area (Å²) in [7, 11) is -3.75. The van der Waals surface area contributed by atoms with E-state index in [1.807, 2.05) is 0 Å². The van der Waals surface area contributed by atoms with Crippen LogP contribution in [0.3, 0.4) is 0 Å². The molecule has 8 nitrogen and oxygen atoms in total. The Bertz CT molecular complexity index is 976. The summed E-state index contributed by atoms with van der Waals surface area (Å²) in [5.74, 6) is 2.36. The third-order valence-corrected chi connectivity index (χ3v) is 8.79. The van der Waals surface area contributed by atoms with Gasteiger partial charge in [0, 0.05) is 12.7 Å². The summed E-state index contributed by atoms with van der Waals surface area (Å²) in [5, 5.41) is 18.4. The van der Waals surface area contributed by atoms with Gasteiger partial charge in [0.1, 0.15) is 5.69 Å². The van der Waals surface area contributed by atoms with Gasteiger partial charge in [-0.3, -0.25) is 15.2 Å². The highest BCUT2D eigenvalue weighted by molar-refractivity contribution is 7.90. The van der Waals surface area contributed by atoms with Crippen LogP contribution in [-0.4, -0.2) is 42.9 Å². The summed E-state index contributed by atoms with van der Waals surface area (Å²) >= 11 is 0. The molecule has 4 saturated carbocycles. The lowest BCUT2D eigenvalue weighted by Crippen LogP contribution is -2.46. The Morgan fingerprint density at radius 1 is 1.09 bits per heavy atom. The molecule has 1 unspecified atom stereocenters. The number of hydrogen-bond donors (Lipinski definition) is 2. The van der Waals surface area contributed by atoms with E-state index in [0.29, 0.717) is 30.6 Å². The van der Waals surface area contributed by atoms with Gasteiger partial charge in [-0.05, 0) is 86.3 Å². The van der Waals surface area contributed by atoms with E-state index in [-0.39, 0.29) is 21.5 Å². The van der Waals surface area contributed by atoms with Crippen molar-refractivity contribution < 1.29 is 33.2 Å². The Kier molecular flexibility index (Phi) is 6.35. The Morgan fingerprint density at radius 2 is 1.69 bits per heavy atom. The second kappa shape index (κ2) is 8.76. The molecular formula is C23H31NO7S. The van der Waals surface area contributed by atoms with Crippen LogP contribution in [-0.2, 0) is 19.4 Å². The van der Waals surface area contributed by atoms with E-state index in [4.69, 9.17) is 4.74 Å². The van der Waals surface area contributed by atoms with Gasteiger partial charge in [-0.25, -0.2) is 13.2 Å². The lowest BCUT2D eigenvalue weighted by Gasteiger charge is -2.54. The van der Waals surface area contributed by atoms with Crippen molar-refractivity contribution in [2.24, 2.45) is 29.6 Å². The molecule has 4 aliphatic rings. The fraction of sp³-hybridized carbons (Fsp3) is 0.652. The van der Waals surface area contributed by atoms with Crippen molar-refractivity contribution in [1.29, 1.82) is 0 Å². The van der Waals surface area contributed by atoms with Crippen molar-refractivity contribution in [1.82, 2.24) is 0 Å². The summed E-state index contributed by atoms with van der Waals surface area (Å²) in [6.07, 6.45) is 7.04. The normalized spacial score (nSPS) is 29.6. The highest BCUT2D eigenvalue weighted by Gasteiger charge is 2.48. The van der Waals surface area contributed by atoms with Gasteiger partial charge in [-0.15, -0.1) is 5.23 Å². The highest BCUT2D eigenvalue weighted by Crippen LogP contribution is 2.57. The summed E-state index contributed by atoms with van der Waals surface area (Å²) in [6, 6.07) is 3.37. The molecule has 0 amide bonds. The fourth-order valence-electron chi connectivity index (χ4n) is 6.42. The molecule has 1 atom stereocenters. The molecule has 0 spiro atoms. The first-order valence-electron chi connectivity index (χ1n) is 11.3. The number of nitrogens with zero attached hydrogens (tertiary/aromatic N) is 1. The summed E-state index contributed by atoms with van der Waals surface area (Å²) in [5.41, 5.74) is -0.531. The van der Waals surface area contributed by atoms with Gasteiger partial charge >= 0.3 is 5.97 Å². The Labute approximate surface area is 188 Å². The van der Waals surface area contributed by atoms with E-state index in [2.05, 4.69) is 0 Å². The third-order valence-electron chi connectivity index (χ3n) is 7.65. The van der Waals surface area contributed by atoms with Crippen molar-refractivity contribution in [2.45, 2.75) is 62.9 Å². The van der Waals surface area contributed by atoms with Crippen molar-refractivity contribution in [3.63, 3.8) is 0 Å². The second-order valence-corrected chi connectivity index (χ2v) is 11.8. The maximum absolute atomic E-state index is 13.0. The van der Waals surface area contributed by atoms with Gasteiger partial charge in [0.25, 0.3) is 0 Å². The molecule has 9 heteroatoms. The molecular weight excluding hydrogens is 434 g/mol. The van der Waals surface area contributed by atoms with E-state index >= 15 is 0 Å². The summed E-state index contributed by atoms with van der Waals surface area (Å²) < 4.78 is 29.2. The van der Waals surface area contributed by atoms with Crippen LogP contribution in [0.4, 0.5) is 5.69 Å². The predicted octanol–water partition coefficient (Wildman–Crippen LogP) is 3.64. The van der Waals surface area contributed by atoms with Crippen LogP contribution < -0.4 is 5.23 Å². The molecule has 4 fully saturated rings. The molecule has 32 heavy (non-hydrogen) atoms. The van der Waals surface area contributed by atoms with Crippen LogP contribution in [0.15, 0.2) is 23.1 Å². The van der Waals surface area contributed by atoms with Gasteiger partial charge in [-0.1, -0.05) is 6.92 Å². The summed E-state index contributed by atoms with van der Waals surface area (Å²) in [6.45, 7) is 1.79. The summed E-state index contributed by atoms with van der Waals surface area (Å²) in [4.78, 5) is 25.4. The standard InChI is InChI=1S/C23H31NO7S/c1-3-21(20(25)12-18-16-7-13-6-14(9-16)10-17(18)8-13)31-23(26)15-4-5-22(32(2,29)30)19(11-15)24(27)28/h4-5,11,13-14,16-18,21,27-28H,3,6-10,12H2,1-2H3. The minimum Gasteiger partial charge on any atom is -0.451 e. The minimum atomic E-state index is -3.75. The first-order valence-corrected chi connectivity index (χ1v) is 13.2. The van der Waals surface area contributed by atoms with Crippen LogP contribution >= 0.6 is 0 Å². The molecule has 0 heterocycles. The zero-order valence-corrected chi connectivity index (χ0v) is 19.3. The molecule has 0 aliphatic heterocycles. The molecule has 5 rings (SSSR count). The monoisotopic (exact) mass is 465 g/mol. The zero-order chi connectivity index (χ0) is 23.2. The number of rotatable bonds is 8. The molecule has 1 aromatic rings. The quantitative estimate of drug-likeness (QED) is 0.441. The molecule has 0 aromatic heterocycles. The first kappa shape index (κ1) is 23.2. The lowest BCUT2D eigenvalue weighted by molar-refractivity contribution is -0.132. The predicted molar refractivity (Wildman–Crippen MR) is 115 cm³/mol. The van der Waals surface area contributed by atoms with E-state index in [0.717, 1.165) is 30.2 Å². The largest absolute Gasteiger partial charge is 0.451 e. The number of Topliss-reactive ketones (excluding diaryl/α,β-unsaturated/α-hetero) is 1. The topological polar surface area (TPSA) is 121 Å². The average Bonchev–Trinajstić information content (AvgIpc) is 2.72. The Morgan fingerprint density at radius 3 is 2.19 bits per heavy atom. The lowest BCUT2D eigenvalue weighted by atomic mass is 9.51. The number of ketones is 1.